The minimum atomic E-state index is -2.94. The summed E-state index contributed by atoms with van der Waals surface area (Å²) in [7, 11) is -1.22. The molecule has 1 aliphatic rings. The molecule has 1 aliphatic heterocycles. The summed E-state index contributed by atoms with van der Waals surface area (Å²) < 4.78 is 26.0. The fraction of sp³-hybridized carbons (Fsp3) is 1.00. The molecule has 1 fully saturated rings. The normalized spacial score (nSPS) is 27.1. The van der Waals surface area contributed by atoms with Gasteiger partial charge in [-0.3, -0.25) is 0 Å². The zero-order valence-corrected chi connectivity index (χ0v) is 13.2. The molecule has 0 aromatic carbocycles. The fourth-order valence-corrected chi connectivity index (χ4v) is 20.0. The van der Waals surface area contributed by atoms with Crippen molar-refractivity contribution in [3.8, 4) is 0 Å². The third-order valence-corrected chi connectivity index (χ3v) is 23.1. The van der Waals surface area contributed by atoms with Crippen molar-refractivity contribution >= 4 is 23.3 Å². The van der Waals surface area contributed by atoms with Crippen molar-refractivity contribution in [2.24, 2.45) is 0 Å². The van der Waals surface area contributed by atoms with Gasteiger partial charge in [0.2, 0.25) is 0 Å². The molecule has 0 radical (unpaired) electrons. The van der Waals surface area contributed by atoms with Gasteiger partial charge in [-0.15, -0.1) is 0 Å². The Hall–Kier alpha value is 0.453. The summed E-state index contributed by atoms with van der Waals surface area (Å²) in [5.74, 6) is 0. The topological polar surface area (TPSA) is 37.4 Å². The minimum absolute atomic E-state index is 0.0301. The Bertz CT molecular complexity index is 303. The van der Waals surface area contributed by atoms with Gasteiger partial charge >= 0.3 is 96.6 Å². The van der Waals surface area contributed by atoms with Gasteiger partial charge < -0.3 is 0 Å². The van der Waals surface area contributed by atoms with E-state index in [1.807, 2.05) is 0 Å². The van der Waals surface area contributed by atoms with E-state index in [1.54, 1.807) is 11.4 Å². The van der Waals surface area contributed by atoms with Crippen LogP contribution < -0.4 is 0 Å². The molecule has 0 bridgehead atoms. The van der Waals surface area contributed by atoms with Crippen LogP contribution >= 0.6 is 0 Å². The van der Waals surface area contributed by atoms with Gasteiger partial charge in [-0.05, 0) is 0 Å². The summed E-state index contributed by atoms with van der Waals surface area (Å²) in [5.41, 5.74) is 0. The van der Waals surface area contributed by atoms with Crippen molar-refractivity contribution in [3.05, 3.63) is 0 Å². The monoisotopic (exact) mass is 295 g/mol. The Kier molecular flexibility index (Phi) is 4.29. The van der Waals surface area contributed by atoms with E-state index in [0.717, 1.165) is 28.7 Å². The van der Waals surface area contributed by atoms with Crippen LogP contribution in [0.5, 0.6) is 0 Å². The van der Waals surface area contributed by atoms with Crippen LogP contribution in [0.4, 0.5) is 0 Å². The molecule has 15 heavy (non-hydrogen) atoms. The molecule has 1 saturated heterocycles. The quantitative estimate of drug-likeness (QED) is 0.744. The summed E-state index contributed by atoms with van der Waals surface area (Å²) in [6.07, 6.45) is 0.883. The van der Waals surface area contributed by atoms with Crippen molar-refractivity contribution in [1.82, 2.24) is 4.31 Å². The Morgan fingerprint density at radius 3 is 1.93 bits per heavy atom. The number of hydrogen-bond acceptors (Lipinski definition) is 2. The standard InChI is InChI=1S/C10H23GeNO2S/c1-5-11(6-2,7-3)10-8-9-12(4)15(10,13)14/h10H,5-9H2,1-4H3. The zero-order chi connectivity index (χ0) is 11.7. The second-order valence-corrected chi connectivity index (χ2v) is 19.3. The molecule has 0 saturated carbocycles. The third-order valence-electron chi connectivity index (χ3n) is 4.30. The van der Waals surface area contributed by atoms with E-state index in [0.29, 0.717) is 0 Å². The molecule has 1 atom stereocenters. The second kappa shape index (κ2) is 4.76. The zero-order valence-electron chi connectivity index (χ0n) is 10.3. The van der Waals surface area contributed by atoms with Crippen LogP contribution in [-0.4, -0.2) is 43.7 Å². The molecule has 0 N–H and O–H groups in total. The summed E-state index contributed by atoms with van der Waals surface area (Å²) in [6, 6.07) is 0. The third kappa shape index (κ3) is 2.13. The van der Waals surface area contributed by atoms with E-state index >= 15 is 0 Å². The van der Waals surface area contributed by atoms with Gasteiger partial charge in [0.25, 0.3) is 0 Å². The Labute approximate surface area is 96.6 Å². The maximum absolute atomic E-state index is 12.2. The van der Waals surface area contributed by atoms with Crippen LogP contribution in [0.3, 0.4) is 0 Å². The first kappa shape index (κ1) is 13.5. The first-order valence-corrected chi connectivity index (χ1v) is 13.1. The van der Waals surface area contributed by atoms with Gasteiger partial charge in [-0.25, -0.2) is 0 Å². The van der Waals surface area contributed by atoms with Crippen molar-refractivity contribution in [2.45, 2.75) is 47.0 Å². The molecular formula is C10H23GeNO2S. The number of sulfonamides is 1. The van der Waals surface area contributed by atoms with Gasteiger partial charge in [-0.1, -0.05) is 0 Å². The molecule has 1 rings (SSSR count). The van der Waals surface area contributed by atoms with E-state index in [9.17, 15) is 8.42 Å². The SMILES string of the molecule is C[CH2][Ge]([CH2]C)([CH2]C)[CH]1CCN(C)S1(=O)=O. The number of nitrogens with zero attached hydrogens (tertiary/aromatic N) is 1. The first-order valence-electron chi connectivity index (χ1n) is 5.89. The Morgan fingerprint density at radius 2 is 1.67 bits per heavy atom. The Morgan fingerprint density at radius 1 is 1.20 bits per heavy atom. The average molecular weight is 294 g/mol. The molecule has 0 aromatic heterocycles. The molecular weight excluding hydrogens is 271 g/mol. The molecule has 1 unspecified atom stereocenters. The van der Waals surface area contributed by atoms with Crippen molar-refractivity contribution in [1.29, 1.82) is 0 Å². The molecule has 0 aromatic rings. The van der Waals surface area contributed by atoms with Gasteiger partial charge in [-0.2, -0.15) is 0 Å². The molecule has 5 heteroatoms. The van der Waals surface area contributed by atoms with E-state index in [2.05, 4.69) is 20.8 Å². The van der Waals surface area contributed by atoms with E-state index in [1.165, 1.54) is 0 Å². The molecule has 0 aliphatic carbocycles. The van der Waals surface area contributed by atoms with Crippen LogP contribution in [0.15, 0.2) is 0 Å². The van der Waals surface area contributed by atoms with Crippen LogP contribution in [0.2, 0.25) is 15.8 Å². The molecule has 0 amide bonds. The molecule has 90 valence electrons. The fourth-order valence-electron chi connectivity index (χ4n) is 2.85. The van der Waals surface area contributed by atoms with Crippen molar-refractivity contribution in [3.63, 3.8) is 0 Å². The molecule has 0 spiro atoms. The van der Waals surface area contributed by atoms with Crippen LogP contribution in [0.1, 0.15) is 27.2 Å². The van der Waals surface area contributed by atoms with Gasteiger partial charge in [0.05, 0.1) is 0 Å². The van der Waals surface area contributed by atoms with Crippen LogP contribution in [0, 0.1) is 0 Å². The summed E-state index contributed by atoms with van der Waals surface area (Å²) in [5, 5.41) is 3.43. The first-order chi connectivity index (χ1) is 6.94. The molecule has 1 heterocycles. The van der Waals surface area contributed by atoms with E-state index in [-0.39, 0.29) is 4.08 Å². The van der Waals surface area contributed by atoms with Gasteiger partial charge in [0, 0.05) is 0 Å². The predicted octanol–water partition coefficient (Wildman–Crippen LogP) is 2.07. The van der Waals surface area contributed by atoms with Gasteiger partial charge in [0.1, 0.15) is 0 Å². The average Bonchev–Trinajstić information content (AvgIpc) is 2.48. The van der Waals surface area contributed by atoms with Crippen LogP contribution in [-0.2, 0) is 10.0 Å². The molecule has 3 nitrogen and oxygen atoms in total. The summed E-state index contributed by atoms with van der Waals surface area (Å²) in [6.45, 7) is 7.32. The van der Waals surface area contributed by atoms with Crippen LogP contribution in [0.25, 0.3) is 0 Å². The van der Waals surface area contributed by atoms with E-state index in [4.69, 9.17) is 0 Å². The van der Waals surface area contributed by atoms with Gasteiger partial charge in [0.15, 0.2) is 0 Å². The number of rotatable bonds is 4. The summed E-state index contributed by atoms with van der Waals surface area (Å²) in [4.78, 5) is 0. The van der Waals surface area contributed by atoms with E-state index < -0.39 is 23.3 Å². The van der Waals surface area contributed by atoms with Crippen molar-refractivity contribution in [2.75, 3.05) is 13.6 Å². The maximum atomic E-state index is 12.2. The number of hydrogen-bond donors (Lipinski definition) is 0. The van der Waals surface area contributed by atoms with Crippen molar-refractivity contribution < 1.29 is 8.42 Å². The Balaban J connectivity index is 3.06. The summed E-state index contributed by atoms with van der Waals surface area (Å²) >= 11 is -2.14. The second-order valence-electron chi connectivity index (χ2n) is 4.57. The predicted molar refractivity (Wildman–Crippen MR) is 67.2 cm³/mol.